The molecule has 0 aromatic heterocycles. The molecule has 0 aliphatic heterocycles. The van der Waals surface area contributed by atoms with Crippen molar-refractivity contribution in [3.63, 3.8) is 0 Å². The van der Waals surface area contributed by atoms with Gasteiger partial charge in [0.25, 0.3) is 0 Å². The molecule has 0 saturated carbocycles. The summed E-state index contributed by atoms with van der Waals surface area (Å²) in [6.45, 7) is 2.96. The molecule has 1 amide bonds. The maximum Gasteiger partial charge on any atom is 0.227 e. The van der Waals surface area contributed by atoms with Crippen LogP contribution in [0.1, 0.15) is 18.1 Å². The van der Waals surface area contributed by atoms with Crippen molar-refractivity contribution in [2.24, 2.45) is 0 Å². The minimum atomic E-state index is -0.442. The highest BCUT2D eigenvalue weighted by Crippen LogP contribution is 2.21. The third-order valence-electron chi connectivity index (χ3n) is 3.95. The summed E-state index contributed by atoms with van der Waals surface area (Å²) in [6.07, 6.45) is -0.0326. The number of amides is 1. The minimum absolute atomic E-state index is 0.0326. The SMILES string of the molecule is CCN(Cc1ccc(N(C)C)cc1)C(=O)Cc1c(F)cccc1Cl. The van der Waals surface area contributed by atoms with Gasteiger partial charge >= 0.3 is 0 Å². The second-order valence-electron chi connectivity index (χ2n) is 5.85. The van der Waals surface area contributed by atoms with E-state index in [4.69, 9.17) is 11.6 Å². The van der Waals surface area contributed by atoms with Crippen LogP contribution in [0.3, 0.4) is 0 Å². The normalized spacial score (nSPS) is 10.5. The van der Waals surface area contributed by atoms with Gasteiger partial charge in [-0.05, 0) is 36.8 Å². The smallest absolute Gasteiger partial charge is 0.227 e. The number of likely N-dealkylation sites (N-methyl/N-ethyl adjacent to an activating group) is 1. The predicted molar refractivity (Wildman–Crippen MR) is 97.0 cm³/mol. The summed E-state index contributed by atoms with van der Waals surface area (Å²) in [7, 11) is 3.96. The molecular weight excluding hydrogens is 327 g/mol. The second-order valence-corrected chi connectivity index (χ2v) is 6.25. The number of hydrogen-bond acceptors (Lipinski definition) is 2. The first kappa shape index (κ1) is 18.3. The molecule has 2 aromatic rings. The molecule has 0 unspecified atom stereocenters. The van der Waals surface area contributed by atoms with E-state index >= 15 is 0 Å². The number of hydrogen-bond donors (Lipinski definition) is 0. The molecule has 5 heteroatoms. The third-order valence-corrected chi connectivity index (χ3v) is 4.30. The molecule has 0 bridgehead atoms. The number of nitrogens with zero attached hydrogens (tertiary/aromatic N) is 2. The average Bonchev–Trinajstić information content (AvgIpc) is 2.56. The molecule has 0 aliphatic rings. The number of rotatable bonds is 6. The number of carbonyl (C=O) groups is 1. The highest BCUT2D eigenvalue weighted by Gasteiger charge is 2.17. The van der Waals surface area contributed by atoms with Crippen LogP contribution in [0.4, 0.5) is 10.1 Å². The molecule has 0 heterocycles. The summed E-state index contributed by atoms with van der Waals surface area (Å²) in [5.74, 6) is -0.580. The summed E-state index contributed by atoms with van der Waals surface area (Å²) in [5.41, 5.74) is 2.40. The van der Waals surface area contributed by atoms with Gasteiger partial charge in [-0.15, -0.1) is 0 Å². The fraction of sp³-hybridized carbons (Fsp3) is 0.316. The average molecular weight is 349 g/mol. The largest absolute Gasteiger partial charge is 0.378 e. The first-order chi connectivity index (χ1) is 11.4. The van der Waals surface area contributed by atoms with Crippen molar-refractivity contribution in [3.05, 3.63) is 64.4 Å². The molecular formula is C19H22ClFN2O. The first-order valence-electron chi connectivity index (χ1n) is 7.89. The predicted octanol–water partition coefficient (Wildman–Crippen LogP) is 4.14. The van der Waals surface area contributed by atoms with Gasteiger partial charge in [0.05, 0.1) is 6.42 Å². The lowest BCUT2D eigenvalue weighted by Crippen LogP contribution is -2.32. The second kappa shape index (κ2) is 8.15. The van der Waals surface area contributed by atoms with Gasteiger partial charge in [0.1, 0.15) is 5.82 Å². The highest BCUT2D eigenvalue weighted by molar-refractivity contribution is 6.31. The van der Waals surface area contributed by atoms with Crippen molar-refractivity contribution in [1.29, 1.82) is 0 Å². The zero-order chi connectivity index (χ0) is 17.7. The molecule has 0 atom stereocenters. The molecule has 0 radical (unpaired) electrons. The molecule has 0 aliphatic carbocycles. The molecule has 2 rings (SSSR count). The quantitative estimate of drug-likeness (QED) is 0.783. The van der Waals surface area contributed by atoms with Gasteiger partial charge in [0.2, 0.25) is 5.91 Å². The van der Waals surface area contributed by atoms with Gasteiger partial charge in [-0.1, -0.05) is 29.8 Å². The van der Waals surface area contributed by atoms with E-state index in [0.717, 1.165) is 11.3 Å². The van der Waals surface area contributed by atoms with E-state index in [9.17, 15) is 9.18 Å². The van der Waals surface area contributed by atoms with Crippen LogP contribution in [-0.2, 0) is 17.8 Å². The van der Waals surface area contributed by atoms with Crippen LogP contribution in [0.25, 0.3) is 0 Å². The van der Waals surface area contributed by atoms with Gasteiger partial charge in [0.15, 0.2) is 0 Å². The number of halogens is 2. The summed E-state index contributed by atoms with van der Waals surface area (Å²) in [4.78, 5) is 16.2. The monoisotopic (exact) mass is 348 g/mol. The Kier molecular flexibility index (Phi) is 6.21. The Morgan fingerprint density at radius 3 is 2.33 bits per heavy atom. The molecule has 128 valence electrons. The van der Waals surface area contributed by atoms with Crippen LogP contribution < -0.4 is 4.90 Å². The van der Waals surface area contributed by atoms with Crippen molar-refractivity contribution in [3.8, 4) is 0 Å². The van der Waals surface area contributed by atoms with E-state index in [0.29, 0.717) is 13.1 Å². The Morgan fingerprint density at radius 2 is 1.79 bits per heavy atom. The van der Waals surface area contributed by atoms with Crippen LogP contribution in [0.5, 0.6) is 0 Å². The van der Waals surface area contributed by atoms with Crippen LogP contribution in [0.2, 0.25) is 5.02 Å². The molecule has 24 heavy (non-hydrogen) atoms. The Labute approximate surface area is 147 Å². The Balaban J connectivity index is 2.09. The summed E-state index contributed by atoms with van der Waals surface area (Å²) in [6, 6.07) is 12.5. The van der Waals surface area contributed by atoms with Gasteiger partial charge < -0.3 is 9.80 Å². The van der Waals surface area contributed by atoms with Gasteiger partial charge in [0, 0.05) is 43.5 Å². The molecule has 0 spiro atoms. The molecule has 0 N–H and O–H groups in total. The fourth-order valence-corrected chi connectivity index (χ4v) is 2.69. The van der Waals surface area contributed by atoms with Crippen molar-refractivity contribution in [2.75, 3.05) is 25.5 Å². The number of benzene rings is 2. The van der Waals surface area contributed by atoms with Crippen LogP contribution in [-0.4, -0.2) is 31.4 Å². The lowest BCUT2D eigenvalue weighted by Gasteiger charge is -2.22. The molecule has 0 fully saturated rings. The zero-order valence-electron chi connectivity index (χ0n) is 14.2. The van der Waals surface area contributed by atoms with Crippen LogP contribution in [0.15, 0.2) is 42.5 Å². The third kappa shape index (κ3) is 4.48. The summed E-state index contributed by atoms with van der Waals surface area (Å²) in [5, 5.41) is 0.287. The minimum Gasteiger partial charge on any atom is -0.378 e. The van der Waals surface area contributed by atoms with Crippen molar-refractivity contribution in [2.45, 2.75) is 19.9 Å². The van der Waals surface area contributed by atoms with Crippen molar-refractivity contribution >= 4 is 23.2 Å². The molecule has 3 nitrogen and oxygen atoms in total. The Hall–Kier alpha value is -2.07. The number of carbonyl (C=O) groups excluding carboxylic acids is 1. The van der Waals surface area contributed by atoms with E-state index in [2.05, 4.69) is 0 Å². The van der Waals surface area contributed by atoms with E-state index in [1.165, 1.54) is 12.1 Å². The van der Waals surface area contributed by atoms with Gasteiger partial charge in [-0.2, -0.15) is 0 Å². The summed E-state index contributed by atoms with van der Waals surface area (Å²) < 4.78 is 13.9. The lowest BCUT2D eigenvalue weighted by molar-refractivity contribution is -0.130. The zero-order valence-corrected chi connectivity index (χ0v) is 15.0. The lowest BCUT2D eigenvalue weighted by atomic mass is 10.1. The fourth-order valence-electron chi connectivity index (χ4n) is 2.46. The van der Waals surface area contributed by atoms with Crippen molar-refractivity contribution < 1.29 is 9.18 Å². The molecule has 0 saturated heterocycles. The first-order valence-corrected chi connectivity index (χ1v) is 8.27. The topological polar surface area (TPSA) is 23.6 Å². The van der Waals surface area contributed by atoms with E-state index < -0.39 is 5.82 Å². The highest BCUT2D eigenvalue weighted by atomic mass is 35.5. The van der Waals surface area contributed by atoms with Crippen LogP contribution in [0, 0.1) is 5.82 Å². The number of anilines is 1. The van der Waals surface area contributed by atoms with Crippen molar-refractivity contribution in [1.82, 2.24) is 4.90 Å². The van der Waals surface area contributed by atoms with Crippen LogP contribution >= 0.6 is 11.6 Å². The maximum atomic E-state index is 13.9. The van der Waals surface area contributed by atoms with E-state index in [-0.39, 0.29) is 22.9 Å². The molecule has 2 aromatic carbocycles. The van der Waals surface area contributed by atoms with Gasteiger partial charge in [-0.25, -0.2) is 4.39 Å². The Bertz CT molecular complexity index is 681. The van der Waals surface area contributed by atoms with E-state index in [1.807, 2.05) is 50.2 Å². The van der Waals surface area contributed by atoms with E-state index in [1.54, 1.807) is 11.0 Å². The maximum absolute atomic E-state index is 13.9. The Morgan fingerprint density at radius 1 is 1.12 bits per heavy atom. The van der Waals surface area contributed by atoms with Gasteiger partial charge in [-0.3, -0.25) is 4.79 Å². The summed E-state index contributed by atoms with van der Waals surface area (Å²) >= 11 is 6.01. The standard InChI is InChI=1S/C19H22ClFN2O/c1-4-23(13-14-8-10-15(11-9-14)22(2)3)19(24)12-16-17(20)6-5-7-18(16)21/h5-11H,4,12-13H2,1-3H3.